The molecule has 0 spiro atoms. The van der Waals surface area contributed by atoms with E-state index in [1.165, 1.54) is 11.1 Å². The number of ketones is 1. The van der Waals surface area contributed by atoms with E-state index in [1.54, 1.807) is 6.08 Å². The van der Waals surface area contributed by atoms with Crippen LogP contribution in [0.2, 0.25) is 0 Å². The highest BCUT2D eigenvalue weighted by Gasteiger charge is 2.13. The van der Waals surface area contributed by atoms with Crippen LogP contribution in [0.3, 0.4) is 0 Å². The summed E-state index contributed by atoms with van der Waals surface area (Å²) in [6.07, 6.45) is 9.03. The highest BCUT2D eigenvalue weighted by atomic mass is 16.1. The van der Waals surface area contributed by atoms with Crippen LogP contribution in [0.5, 0.6) is 0 Å². The van der Waals surface area contributed by atoms with E-state index in [-0.39, 0.29) is 5.78 Å². The Morgan fingerprint density at radius 1 is 1.38 bits per heavy atom. The van der Waals surface area contributed by atoms with Crippen molar-refractivity contribution in [1.29, 1.82) is 0 Å². The summed E-state index contributed by atoms with van der Waals surface area (Å²) in [5.41, 5.74) is 3.94. The molecule has 1 aliphatic rings. The Balaban J connectivity index is 2.56. The number of rotatable bonds is 4. The Morgan fingerprint density at radius 2 is 2.06 bits per heavy atom. The largest absolute Gasteiger partial charge is 0.295 e. The van der Waals surface area contributed by atoms with Gasteiger partial charge in [0.15, 0.2) is 5.78 Å². The molecule has 1 nitrogen and oxygen atoms in total. The number of allylic oxidation sites excluding steroid dienone is 6. The monoisotopic (exact) mass is 218 g/mol. The average Bonchev–Trinajstić information content (AvgIpc) is 2.16. The summed E-state index contributed by atoms with van der Waals surface area (Å²) >= 11 is 0. The van der Waals surface area contributed by atoms with Gasteiger partial charge in [0.2, 0.25) is 0 Å². The van der Waals surface area contributed by atoms with Gasteiger partial charge in [0.1, 0.15) is 0 Å². The number of hydrogen-bond acceptors (Lipinski definition) is 1. The van der Waals surface area contributed by atoms with E-state index in [1.807, 2.05) is 13.8 Å². The van der Waals surface area contributed by atoms with Crippen LogP contribution >= 0.6 is 0 Å². The molecule has 1 rings (SSSR count). The van der Waals surface area contributed by atoms with Crippen LogP contribution in [0.1, 0.15) is 47.0 Å². The Hall–Kier alpha value is -1.11. The molecule has 0 N–H and O–H groups in total. The summed E-state index contributed by atoms with van der Waals surface area (Å²) in [7, 11) is 0. The molecule has 0 heterocycles. The smallest absolute Gasteiger partial charge is 0.156 e. The van der Waals surface area contributed by atoms with Crippen molar-refractivity contribution >= 4 is 5.78 Å². The van der Waals surface area contributed by atoms with Gasteiger partial charge in [-0.2, -0.15) is 0 Å². The highest BCUT2D eigenvalue weighted by Crippen LogP contribution is 2.26. The summed E-state index contributed by atoms with van der Waals surface area (Å²) in [6, 6.07) is 0. The molecule has 0 saturated heterocycles. The number of carbonyl (C=O) groups is 1. The second-order valence-corrected chi connectivity index (χ2v) is 5.05. The van der Waals surface area contributed by atoms with E-state index < -0.39 is 0 Å². The van der Waals surface area contributed by atoms with Crippen LogP contribution in [0.4, 0.5) is 0 Å². The number of carbonyl (C=O) groups excluding carboxylic acids is 1. The fourth-order valence-electron chi connectivity index (χ4n) is 1.98. The summed E-state index contributed by atoms with van der Waals surface area (Å²) in [4.78, 5) is 11.7. The molecule has 1 heteroatoms. The van der Waals surface area contributed by atoms with Gasteiger partial charge in [-0.3, -0.25) is 4.79 Å². The van der Waals surface area contributed by atoms with Crippen molar-refractivity contribution in [3.05, 3.63) is 34.9 Å². The maximum Gasteiger partial charge on any atom is 0.156 e. The zero-order valence-corrected chi connectivity index (χ0v) is 10.8. The Labute approximate surface area is 98.9 Å². The zero-order valence-electron chi connectivity index (χ0n) is 10.8. The standard InChI is InChI=1S/C15H22O/c1-11(2)9-15(16)10-13(4)14-7-5-12(3)6-8-14/h5,7,9,13H,6,8,10H2,1-4H3. The third-order valence-electron chi connectivity index (χ3n) is 2.98. The molecule has 0 aromatic heterocycles. The minimum absolute atomic E-state index is 0.250. The average molecular weight is 218 g/mol. The first-order valence-corrected chi connectivity index (χ1v) is 6.03. The first-order valence-electron chi connectivity index (χ1n) is 6.03. The highest BCUT2D eigenvalue weighted by molar-refractivity contribution is 5.90. The van der Waals surface area contributed by atoms with Gasteiger partial charge in [0.05, 0.1) is 0 Å². The molecule has 0 aromatic rings. The van der Waals surface area contributed by atoms with Crippen LogP contribution in [0.15, 0.2) is 34.9 Å². The van der Waals surface area contributed by atoms with Crippen molar-refractivity contribution < 1.29 is 4.79 Å². The van der Waals surface area contributed by atoms with Crippen LogP contribution < -0.4 is 0 Å². The second-order valence-electron chi connectivity index (χ2n) is 5.05. The predicted molar refractivity (Wildman–Crippen MR) is 69.3 cm³/mol. The first-order chi connectivity index (χ1) is 7.49. The summed E-state index contributed by atoms with van der Waals surface area (Å²) in [5, 5.41) is 0. The first kappa shape index (κ1) is 13.0. The van der Waals surface area contributed by atoms with Crippen LogP contribution in [-0.2, 0) is 4.79 Å². The maximum absolute atomic E-state index is 11.7. The molecule has 1 aliphatic carbocycles. The lowest BCUT2D eigenvalue weighted by Crippen LogP contribution is -2.08. The molecular formula is C15H22O. The molecule has 1 atom stereocenters. The van der Waals surface area contributed by atoms with E-state index in [0.29, 0.717) is 12.3 Å². The van der Waals surface area contributed by atoms with Crippen molar-refractivity contribution in [1.82, 2.24) is 0 Å². The quantitative estimate of drug-likeness (QED) is 0.646. The lowest BCUT2D eigenvalue weighted by Gasteiger charge is -2.18. The van der Waals surface area contributed by atoms with E-state index in [0.717, 1.165) is 18.4 Å². The van der Waals surface area contributed by atoms with Crippen LogP contribution in [0, 0.1) is 5.92 Å². The molecule has 0 saturated carbocycles. The van der Waals surface area contributed by atoms with Gasteiger partial charge in [-0.1, -0.05) is 35.8 Å². The molecule has 0 radical (unpaired) electrons. The van der Waals surface area contributed by atoms with Gasteiger partial charge in [0.25, 0.3) is 0 Å². The Morgan fingerprint density at radius 3 is 2.56 bits per heavy atom. The lowest BCUT2D eigenvalue weighted by molar-refractivity contribution is -0.115. The third kappa shape index (κ3) is 4.18. The fraction of sp³-hybridized carbons (Fsp3) is 0.533. The van der Waals surface area contributed by atoms with E-state index in [2.05, 4.69) is 26.0 Å². The fourth-order valence-corrected chi connectivity index (χ4v) is 1.98. The van der Waals surface area contributed by atoms with Crippen molar-refractivity contribution in [2.45, 2.75) is 47.0 Å². The van der Waals surface area contributed by atoms with Gasteiger partial charge in [-0.25, -0.2) is 0 Å². The Kier molecular flexibility index (Phi) is 4.72. The van der Waals surface area contributed by atoms with Gasteiger partial charge >= 0.3 is 0 Å². The molecule has 0 fully saturated rings. The maximum atomic E-state index is 11.7. The molecule has 0 amide bonds. The van der Waals surface area contributed by atoms with Gasteiger partial charge in [-0.15, -0.1) is 0 Å². The van der Waals surface area contributed by atoms with Gasteiger partial charge < -0.3 is 0 Å². The molecule has 1 unspecified atom stereocenters. The molecular weight excluding hydrogens is 196 g/mol. The summed E-state index contributed by atoms with van der Waals surface area (Å²) in [6.45, 7) is 8.24. The van der Waals surface area contributed by atoms with Crippen molar-refractivity contribution in [2.75, 3.05) is 0 Å². The van der Waals surface area contributed by atoms with Crippen LogP contribution in [0.25, 0.3) is 0 Å². The van der Waals surface area contributed by atoms with Crippen LogP contribution in [-0.4, -0.2) is 5.78 Å². The zero-order chi connectivity index (χ0) is 12.1. The minimum atomic E-state index is 0.250. The van der Waals surface area contributed by atoms with Gasteiger partial charge in [0, 0.05) is 6.42 Å². The van der Waals surface area contributed by atoms with Crippen molar-refractivity contribution in [2.24, 2.45) is 5.92 Å². The number of hydrogen-bond donors (Lipinski definition) is 0. The third-order valence-corrected chi connectivity index (χ3v) is 2.98. The SMILES string of the molecule is CC(C)=CC(=O)CC(C)C1=CC=C(C)CC1. The van der Waals surface area contributed by atoms with E-state index in [9.17, 15) is 4.79 Å². The van der Waals surface area contributed by atoms with Crippen molar-refractivity contribution in [3.8, 4) is 0 Å². The lowest BCUT2D eigenvalue weighted by atomic mass is 9.87. The molecule has 0 aliphatic heterocycles. The normalized spacial score (nSPS) is 17.2. The summed E-state index contributed by atoms with van der Waals surface area (Å²) < 4.78 is 0. The van der Waals surface area contributed by atoms with Gasteiger partial charge in [-0.05, 0) is 45.6 Å². The van der Waals surface area contributed by atoms with E-state index >= 15 is 0 Å². The topological polar surface area (TPSA) is 17.1 Å². The minimum Gasteiger partial charge on any atom is -0.295 e. The molecule has 88 valence electrons. The molecule has 16 heavy (non-hydrogen) atoms. The Bertz CT molecular complexity index is 352. The summed E-state index contributed by atoms with van der Waals surface area (Å²) in [5.74, 6) is 0.632. The second kappa shape index (κ2) is 5.83. The van der Waals surface area contributed by atoms with Crippen molar-refractivity contribution in [3.63, 3.8) is 0 Å². The predicted octanol–water partition coefficient (Wildman–Crippen LogP) is 4.21. The van der Waals surface area contributed by atoms with E-state index in [4.69, 9.17) is 0 Å². The molecule has 0 bridgehead atoms. The molecule has 0 aromatic carbocycles.